The lowest BCUT2D eigenvalue weighted by molar-refractivity contribution is -0.154. The molecule has 0 unspecified atom stereocenters. The fourth-order valence-corrected chi connectivity index (χ4v) is 4.36. The van der Waals surface area contributed by atoms with Crippen LogP contribution in [0.5, 0.6) is 17.2 Å². The standard InChI is InChI=1S/C23H21BrF3NO5/c1-12-9-28(10-13(2)31-12)11-15-17(29)8-7-14-19(30)21(22(23(25,26)27)33-20(14)15)32-18-6-4-3-5-16(18)24/h3-8,12-13,29H,9-11H2,1-2H3/t12-,13-/m1/s1. The summed E-state index contributed by atoms with van der Waals surface area (Å²) in [6.45, 7) is 4.89. The molecule has 1 fully saturated rings. The van der Waals surface area contributed by atoms with Crippen LogP contribution in [0.1, 0.15) is 25.2 Å². The van der Waals surface area contributed by atoms with Crippen molar-refractivity contribution in [2.24, 2.45) is 0 Å². The average molecular weight is 528 g/mol. The third kappa shape index (κ3) is 4.87. The predicted molar refractivity (Wildman–Crippen MR) is 119 cm³/mol. The van der Waals surface area contributed by atoms with Gasteiger partial charge in [0.2, 0.25) is 11.2 Å². The molecule has 2 aromatic carbocycles. The highest BCUT2D eigenvalue weighted by Crippen LogP contribution is 2.41. The van der Waals surface area contributed by atoms with Crippen LogP contribution < -0.4 is 10.2 Å². The first-order valence-corrected chi connectivity index (χ1v) is 11.0. The van der Waals surface area contributed by atoms with E-state index in [-0.39, 0.29) is 46.8 Å². The van der Waals surface area contributed by atoms with E-state index in [1.165, 1.54) is 18.2 Å². The Labute approximate surface area is 195 Å². The molecule has 1 N–H and O–H groups in total. The normalized spacial score (nSPS) is 19.7. The summed E-state index contributed by atoms with van der Waals surface area (Å²) in [7, 11) is 0. The Morgan fingerprint density at radius 3 is 2.45 bits per heavy atom. The fraction of sp³-hybridized carbons (Fsp3) is 0.348. The number of rotatable bonds is 4. The van der Waals surface area contributed by atoms with Gasteiger partial charge in [-0.2, -0.15) is 13.2 Å². The third-order valence-electron chi connectivity index (χ3n) is 5.28. The number of aromatic hydroxyl groups is 1. The van der Waals surface area contributed by atoms with E-state index in [1.807, 2.05) is 18.7 Å². The molecule has 3 aromatic rings. The second kappa shape index (κ2) is 9.00. The number of phenols is 1. The van der Waals surface area contributed by atoms with E-state index in [0.29, 0.717) is 17.6 Å². The van der Waals surface area contributed by atoms with Crippen LogP contribution in [-0.4, -0.2) is 35.3 Å². The van der Waals surface area contributed by atoms with Crippen molar-refractivity contribution < 1.29 is 32.2 Å². The highest BCUT2D eigenvalue weighted by atomic mass is 79.9. The number of morpholine rings is 1. The minimum Gasteiger partial charge on any atom is -0.507 e. The maximum atomic E-state index is 13.9. The molecule has 1 saturated heterocycles. The lowest BCUT2D eigenvalue weighted by Crippen LogP contribution is -2.44. The van der Waals surface area contributed by atoms with Crippen LogP contribution in [0.3, 0.4) is 0 Å². The number of nitrogens with zero attached hydrogens (tertiary/aromatic N) is 1. The SMILES string of the molecule is C[C@@H]1CN(Cc2c(O)ccc3c(=O)c(Oc4ccccc4Br)c(C(F)(F)F)oc23)C[C@@H](C)O1. The van der Waals surface area contributed by atoms with E-state index >= 15 is 0 Å². The van der Waals surface area contributed by atoms with Crippen molar-refractivity contribution in [1.29, 1.82) is 0 Å². The van der Waals surface area contributed by atoms with Gasteiger partial charge in [0.05, 0.1) is 27.6 Å². The molecule has 1 aliphatic rings. The van der Waals surface area contributed by atoms with Gasteiger partial charge in [0.1, 0.15) is 17.1 Å². The molecular weight excluding hydrogens is 507 g/mol. The first-order chi connectivity index (χ1) is 15.5. The van der Waals surface area contributed by atoms with Crippen LogP contribution in [0.25, 0.3) is 11.0 Å². The van der Waals surface area contributed by atoms with Gasteiger partial charge < -0.3 is 19.0 Å². The van der Waals surface area contributed by atoms with Crippen molar-refractivity contribution >= 4 is 26.9 Å². The van der Waals surface area contributed by atoms with Gasteiger partial charge in [-0.1, -0.05) is 12.1 Å². The first-order valence-electron chi connectivity index (χ1n) is 10.2. The van der Waals surface area contributed by atoms with Crippen LogP contribution in [0.15, 0.2) is 50.1 Å². The molecule has 1 aromatic heterocycles. The smallest absolute Gasteiger partial charge is 0.453 e. The summed E-state index contributed by atoms with van der Waals surface area (Å²) in [4.78, 5) is 15.1. The van der Waals surface area contributed by atoms with Gasteiger partial charge in [-0.25, -0.2) is 0 Å². The van der Waals surface area contributed by atoms with Gasteiger partial charge in [-0.05, 0) is 54.0 Å². The molecule has 0 amide bonds. The Balaban J connectivity index is 1.87. The molecule has 6 nitrogen and oxygen atoms in total. The number of phenolic OH excluding ortho intramolecular Hbond substituents is 1. The number of alkyl halides is 3. The van der Waals surface area contributed by atoms with E-state index in [2.05, 4.69) is 15.9 Å². The summed E-state index contributed by atoms with van der Waals surface area (Å²) in [5.41, 5.74) is -1.20. The van der Waals surface area contributed by atoms with E-state index in [1.54, 1.807) is 18.2 Å². The molecule has 0 radical (unpaired) electrons. The maximum absolute atomic E-state index is 13.9. The second-order valence-corrected chi connectivity index (χ2v) is 8.87. The zero-order valence-electron chi connectivity index (χ0n) is 17.8. The number of hydrogen-bond acceptors (Lipinski definition) is 6. The summed E-state index contributed by atoms with van der Waals surface area (Å²) in [5, 5.41) is 10.3. The quantitative estimate of drug-likeness (QED) is 0.470. The number of fused-ring (bicyclic) bond motifs is 1. The second-order valence-electron chi connectivity index (χ2n) is 8.01. The van der Waals surface area contributed by atoms with Crippen molar-refractivity contribution in [3.05, 3.63) is 62.4 Å². The molecule has 10 heteroatoms. The van der Waals surface area contributed by atoms with Crippen molar-refractivity contribution in [2.45, 2.75) is 38.8 Å². The van der Waals surface area contributed by atoms with E-state index in [0.717, 1.165) is 0 Å². The molecule has 2 heterocycles. The molecule has 0 aliphatic carbocycles. The Kier molecular flexibility index (Phi) is 6.43. The third-order valence-corrected chi connectivity index (χ3v) is 5.94. The Bertz CT molecular complexity index is 1230. The number of halogens is 4. The van der Waals surface area contributed by atoms with E-state index in [4.69, 9.17) is 13.9 Å². The van der Waals surface area contributed by atoms with Crippen LogP contribution in [0, 0.1) is 0 Å². The molecular formula is C23H21BrF3NO5. The van der Waals surface area contributed by atoms with E-state index < -0.39 is 23.1 Å². The molecule has 33 heavy (non-hydrogen) atoms. The van der Waals surface area contributed by atoms with E-state index in [9.17, 15) is 23.1 Å². The summed E-state index contributed by atoms with van der Waals surface area (Å²) in [6, 6.07) is 8.74. The fourth-order valence-electron chi connectivity index (χ4n) is 3.99. The topological polar surface area (TPSA) is 72.1 Å². The molecule has 4 rings (SSSR count). The molecule has 0 saturated carbocycles. The maximum Gasteiger partial charge on any atom is 0.453 e. The highest BCUT2D eigenvalue weighted by Gasteiger charge is 2.41. The summed E-state index contributed by atoms with van der Waals surface area (Å²) in [6.07, 6.45) is -5.19. The Hall–Kier alpha value is -2.56. The van der Waals surface area contributed by atoms with Gasteiger partial charge in [-0.3, -0.25) is 9.69 Å². The summed E-state index contributed by atoms with van der Waals surface area (Å²) >= 11 is 3.20. The Morgan fingerprint density at radius 1 is 1.15 bits per heavy atom. The van der Waals surface area contributed by atoms with Crippen LogP contribution in [0.2, 0.25) is 0 Å². The van der Waals surface area contributed by atoms with Crippen molar-refractivity contribution in [1.82, 2.24) is 4.90 Å². The minimum absolute atomic E-state index is 0.0324. The highest BCUT2D eigenvalue weighted by molar-refractivity contribution is 9.10. The minimum atomic E-state index is -5.01. The van der Waals surface area contributed by atoms with Crippen LogP contribution in [0.4, 0.5) is 13.2 Å². The number of para-hydroxylation sites is 1. The van der Waals surface area contributed by atoms with Crippen LogP contribution >= 0.6 is 15.9 Å². The monoisotopic (exact) mass is 527 g/mol. The molecule has 176 valence electrons. The molecule has 0 bridgehead atoms. The average Bonchev–Trinajstić information content (AvgIpc) is 2.72. The van der Waals surface area contributed by atoms with Gasteiger partial charge in [0, 0.05) is 19.6 Å². The first kappa shape index (κ1) is 23.6. The van der Waals surface area contributed by atoms with Crippen molar-refractivity contribution in [2.75, 3.05) is 13.1 Å². The number of ether oxygens (including phenoxy) is 2. The summed E-state index contributed by atoms with van der Waals surface area (Å²) < 4.78 is 58.5. The van der Waals surface area contributed by atoms with Gasteiger partial charge >= 0.3 is 6.18 Å². The Morgan fingerprint density at radius 2 is 1.82 bits per heavy atom. The lowest BCUT2D eigenvalue weighted by atomic mass is 10.1. The van der Waals surface area contributed by atoms with Crippen LogP contribution in [-0.2, 0) is 17.5 Å². The van der Waals surface area contributed by atoms with Gasteiger partial charge in [0.25, 0.3) is 5.76 Å². The zero-order valence-corrected chi connectivity index (χ0v) is 19.4. The molecule has 0 spiro atoms. The van der Waals surface area contributed by atoms with Crippen molar-refractivity contribution in [3.8, 4) is 17.2 Å². The predicted octanol–water partition coefficient (Wildman–Crippen LogP) is 5.68. The molecule has 2 atom stereocenters. The summed E-state index contributed by atoms with van der Waals surface area (Å²) in [5.74, 6) is -2.76. The largest absolute Gasteiger partial charge is 0.507 e. The van der Waals surface area contributed by atoms with Gasteiger partial charge in [0.15, 0.2) is 0 Å². The molecule has 1 aliphatic heterocycles. The van der Waals surface area contributed by atoms with Gasteiger partial charge in [-0.15, -0.1) is 0 Å². The lowest BCUT2D eigenvalue weighted by Gasteiger charge is -2.35. The van der Waals surface area contributed by atoms with Crippen molar-refractivity contribution in [3.63, 3.8) is 0 Å². The number of benzene rings is 2. The number of hydrogen-bond donors (Lipinski definition) is 1. The zero-order chi connectivity index (χ0) is 23.9.